The normalized spacial score (nSPS) is 17.1. The van der Waals surface area contributed by atoms with E-state index >= 15 is 0 Å². The molecule has 0 aliphatic carbocycles. The van der Waals surface area contributed by atoms with Crippen molar-refractivity contribution in [1.29, 1.82) is 0 Å². The largest absolute Gasteiger partial charge is 0.478 e. The number of aromatic nitrogens is 1. The summed E-state index contributed by atoms with van der Waals surface area (Å²) >= 11 is 0. The molecule has 120 valence electrons. The van der Waals surface area contributed by atoms with Gasteiger partial charge in [-0.2, -0.15) is 0 Å². The summed E-state index contributed by atoms with van der Waals surface area (Å²) in [5.74, 6) is -0.864. The average Bonchev–Trinajstić information content (AvgIpc) is 3.23. The monoisotopic (exact) mass is 316 g/mol. The van der Waals surface area contributed by atoms with Gasteiger partial charge in [-0.05, 0) is 30.5 Å². The molecule has 3 rings (SSSR count). The lowest BCUT2D eigenvalue weighted by molar-refractivity contribution is 0.0696. The first-order chi connectivity index (χ1) is 11.1. The molecule has 0 spiro atoms. The van der Waals surface area contributed by atoms with Crippen LogP contribution in [0.2, 0.25) is 0 Å². The highest BCUT2D eigenvalue weighted by Gasteiger charge is 2.27. The molecule has 0 bridgehead atoms. The van der Waals surface area contributed by atoms with Crippen LogP contribution in [0.5, 0.6) is 0 Å². The number of rotatable bonds is 5. The fourth-order valence-corrected chi connectivity index (χ4v) is 2.47. The molecule has 7 nitrogen and oxygen atoms in total. The number of hydrogen-bond acceptors (Lipinski definition) is 5. The zero-order valence-corrected chi connectivity index (χ0v) is 12.3. The van der Waals surface area contributed by atoms with Crippen molar-refractivity contribution < 1.29 is 23.8 Å². The quantitative estimate of drug-likeness (QED) is 0.876. The Morgan fingerprint density at radius 3 is 2.74 bits per heavy atom. The summed E-state index contributed by atoms with van der Waals surface area (Å²) in [5.41, 5.74) is 1.24. The van der Waals surface area contributed by atoms with Crippen molar-refractivity contribution in [1.82, 2.24) is 10.3 Å². The second-order valence-electron chi connectivity index (χ2n) is 5.25. The summed E-state index contributed by atoms with van der Waals surface area (Å²) in [4.78, 5) is 27.0. The highest BCUT2D eigenvalue weighted by Crippen LogP contribution is 2.30. The molecule has 2 heterocycles. The Morgan fingerprint density at radius 1 is 1.30 bits per heavy atom. The molecule has 0 saturated carbocycles. The first-order valence-electron chi connectivity index (χ1n) is 7.30. The van der Waals surface area contributed by atoms with E-state index in [4.69, 9.17) is 14.3 Å². The predicted molar refractivity (Wildman–Crippen MR) is 79.0 cm³/mol. The van der Waals surface area contributed by atoms with Crippen LogP contribution < -0.4 is 5.32 Å². The summed E-state index contributed by atoms with van der Waals surface area (Å²) in [6, 6.07) is 6.32. The number of nitrogens with zero attached hydrogens (tertiary/aromatic N) is 1. The number of carbonyl (C=O) groups excluding carboxylic acids is 1. The molecular weight excluding hydrogens is 300 g/mol. The topological polar surface area (TPSA) is 102 Å². The van der Waals surface area contributed by atoms with Gasteiger partial charge in [-0.3, -0.25) is 4.79 Å². The Hall–Kier alpha value is -2.67. The van der Waals surface area contributed by atoms with Gasteiger partial charge in [0.1, 0.15) is 6.10 Å². The summed E-state index contributed by atoms with van der Waals surface area (Å²) in [6.07, 6.45) is 2.77. The molecule has 1 amide bonds. The standard InChI is InChI=1S/C16H16N2O5/c19-15(13-14(23-9-18-13)12-2-1-7-22-12)17-8-10-3-5-11(6-4-10)16(20)21/h3-6,9,12H,1-2,7-8H2,(H,17,19)(H,20,21). The van der Waals surface area contributed by atoms with Gasteiger partial charge in [0.15, 0.2) is 17.8 Å². The van der Waals surface area contributed by atoms with Crippen LogP contribution >= 0.6 is 0 Å². The van der Waals surface area contributed by atoms with E-state index in [9.17, 15) is 9.59 Å². The molecule has 1 fully saturated rings. The number of benzene rings is 1. The lowest BCUT2D eigenvalue weighted by Gasteiger charge is -2.08. The van der Waals surface area contributed by atoms with Crippen LogP contribution in [0.4, 0.5) is 0 Å². The summed E-state index contributed by atoms with van der Waals surface area (Å²) < 4.78 is 10.8. The fourth-order valence-electron chi connectivity index (χ4n) is 2.47. The van der Waals surface area contributed by atoms with Gasteiger partial charge in [-0.15, -0.1) is 0 Å². The van der Waals surface area contributed by atoms with Gasteiger partial charge >= 0.3 is 5.97 Å². The first kappa shape index (κ1) is 15.2. The number of carboxylic acid groups (broad SMARTS) is 1. The van der Waals surface area contributed by atoms with E-state index < -0.39 is 5.97 Å². The predicted octanol–water partition coefficient (Wildman–Crippen LogP) is 2.15. The van der Waals surface area contributed by atoms with Crippen molar-refractivity contribution in [2.24, 2.45) is 0 Å². The Balaban J connectivity index is 1.63. The average molecular weight is 316 g/mol. The van der Waals surface area contributed by atoms with E-state index in [1.54, 1.807) is 12.1 Å². The van der Waals surface area contributed by atoms with Gasteiger partial charge in [-0.1, -0.05) is 12.1 Å². The Kier molecular flexibility index (Phi) is 4.38. The number of carboxylic acids is 1. The lowest BCUT2D eigenvalue weighted by Crippen LogP contribution is -2.24. The second kappa shape index (κ2) is 6.62. The number of nitrogens with one attached hydrogen (secondary N) is 1. The number of hydrogen-bond donors (Lipinski definition) is 2. The minimum Gasteiger partial charge on any atom is -0.478 e. The van der Waals surface area contributed by atoms with Crippen molar-refractivity contribution >= 4 is 11.9 Å². The van der Waals surface area contributed by atoms with Gasteiger partial charge < -0.3 is 19.6 Å². The van der Waals surface area contributed by atoms with Crippen LogP contribution in [0.15, 0.2) is 35.1 Å². The third-order valence-corrected chi connectivity index (χ3v) is 3.69. The number of carbonyl (C=O) groups is 2. The highest BCUT2D eigenvalue weighted by molar-refractivity contribution is 5.93. The molecule has 2 aromatic rings. The smallest absolute Gasteiger partial charge is 0.335 e. The third kappa shape index (κ3) is 3.40. The Bertz CT molecular complexity index is 702. The van der Waals surface area contributed by atoms with E-state index in [0.29, 0.717) is 12.4 Å². The third-order valence-electron chi connectivity index (χ3n) is 3.69. The summed E-state index contributed by atoms with van der Waals surface area (Å²) in [7, 11) is 0. The van der Waals surface area contributed by atoms with Crippen LogP contribution in [0.3, 0.4) is 0 Å². The van der Waals surface area contributed by atoms with Gasteiger partial charge in [-0.25, -0.2) is 9.78 Å². The molecule has 0 radical (unpaired) electrons. The Morgan fingerprint density at radius 2 is 2.09 bits per heavy atom. The van der Waals surface area contributed by atoms with Gasteiger partial charge in [0, 0.05) is 13.2 Å². The van der Waals surface area contributed by atoms with E-state index in [-0.39, 0.29) is 29.8 Å². The zero-order valence-electron chi connectivity index (χ0n) is 12.3. The molecule has 1 saturated heterocycles. The molecule has 23 heavy (non-hydrogen) atoms. The summed E-state index contributed by atoms with van der Waals surface area (Å²) in [5, 5.41) is 11.6. The molecule has 1 unspecified atom stereocenters. The van der Waals surface area contributed by atoms with Crippen molar-refractivity contribution in [3.63, 3.8) is 0 Å². The molecule has 1 aliphatic heterocycles. The van der Waals surface area contributed by atoms with Gasteiger partial charge in [0.25, 0.3) is 5.91 Å². The number of amides is 1. The summed E-state index contributed by atoms with van der Waals surface area (Å²) in [6.45, 7) is 0.929. The fraction of sp³-hybridized carbons (Fsp3) is 0.312. The van der Waals surface area contributed by atoms with E-state index in [1.807, 2.05) is 0 Å². The van der Waals surface area contributed by atoms with Crippen molar-refractivity contribution in [2.75, 3.05) is 6.61 Å². The van der Waals surface area contributed by atoms with Crippen molar-refractivity contribution in [3.8, 4) is 0 Å². The van der Waals surface area contributed by atoms with Crippen LogP contribution in [-0.2, 0) is 11.3 Å². The number of aromatic carboxylic acids is 1. The van der Waals surface area contributed by atoms with Crippen LogP contribution in [0, 0.1) is 0 Å². The maximum Gasteiger partial charge on any atom is 0.335 e. The van der Waals surface area contributed by atoms with Crippen LogP contribution in [-0.4, -0.2) is 28.6 Å². The molecule has 1 aliphatic rings. The van der Waals surface area contributed by atoms with Gasteiger partial charge in [0.2, 0.25) is 0 Å². The maximum atomic E-state index is 12.2. The number of ether oxygens (including phenoxy) is 1. The molecule has 1 aromatic carbocycles. The van der Waals surface area contributed by atoms with E-state index in [2.05, 4.69) is 10.3 Å². The van der Waals surface area contributed by atoms with Crippen molar-refractivity contribution in [2.45, 2.75) is 25.5 Å². The molecule has 1 atom stereocenters. The molecule has 7 heteroatoms. The maximum absolute atomic E-state index is 12.2. The molecular formula is C16H16N2O5. The number of oxazole rings is 1. The minimum absolute atomic E-state index is 0.206. The molecule has 2 N–H and O–H groups in total. The van der Waals surface area contributed by atoms with Crippen LogP contribution in [0.1, 0.15) is 51.1 Å². The second-order valence-corrected chi connectivity index (χ2v) is 5.25. The first-order valence-corrected chi connectivity index (χ1v) is 7.30. The SMILES string of the molecule is O=C(O)c1ccc(CNC(=O)c2ncoc2C2CCCO2)cc1. The highest BCUT2D eigenvalue weighted by atomic mass is 16.5. The van der Waals surface area contributed by atoms with Crippen molar-refractivity contribution in [3.05, 3.63) is 53.2 Å². The Labute approximate surface area is 132 Å². The molecule has 1 aromatic heterocycles. The minimum atomic E-state index is -0.982. The van der Waals surface area contributed by atoms with E-state index in [0.717, 1.165) is 18.4 Å². The van der Waals surface area contributed by atoms with Gasteiger partial charge in [0.05, 0.1) is 5.56 Å². The zero-order chi connectivity index (χ0) is 16.2. The van der Waals surface area contributed by atoms with Crippen LogP contribution in [0.25, 0.3) is 0 Å². The lowest BCUT2D eigenvalue weighted by atomic mass is 10.1. The van der Waals surface area contributed by atoms with E-state index in [1.165, 1.54) is 18.5 Å².